The summed E-state index contributed by atoms with van der Waals surface area (Å²) in [5.74, 6) is 0.564. The van der Waals surface area contributed by atoms with Gasteiger partial charge in [0.25, 0.3) is 0 Å². The van der Waals surface area contributed by atoms with E-state index in [2.05, 4.69) is 24.3 Å². The number of carboxylic acid groups (broad SMARTS) is 1. The predicted molar refractivity (Wildman–Crippen MR) is 116 cm³/mol. The lowest BCUT2D eigenvalue weighted by molar-refractivity contribution is -0.148. The lowest BCUT2D eigenvalue weighted by atomic mass is 10.1. The molecule has 0 bridgehead atoms. The molecule has 0 amide bonds. The van der Waals surface area contributed by atoms with Gasteiger partial charge < -0.3 is 19.3 Å². The zero-order chi connectivity index (χ0) is 21.2. The van der Waals surface area contributed by atoms with E-state index in [1.165, 1.54) is 12.7 Å². The fourth-order valence-corrected chi connectivity index (χ4v) is 3.06. The normalized spacial score (nSPS) is 11.6. The molecule has 0 aliphatic carbocycles. The first-order valence-electron chi connectivity index (χ1n) is 9.91. The van der Waals surface area contributed by atoms with E-state index in [4.69, 9.17) is 19.3 Å². The standard InChI is InChI=1S/C25H26O5/c1-28-24(25(26)27)18-19-7-5-10-23(17-19)30-16-6-15-29-22-13-11-21(12-14-22)20-8-3-2-4-9-20/h2-5,7-14,17,24H,6,15-16,18H2,1H3,(H,26,27). The van der Waals surface area contributed by atoms with E-state index >= 15 is 0 Å². The molecular formula is C25H26O5. The highest BCUT2D eigenvalue weighted by atomic mass is 16.5. The Hall–Kier alpha value is -3.31. The predicted octanol–water partition coefficient (Wildman–Crippen LogP) is 4.84. The summed E-state index contributed by atoms with van der Waals surface area (Å²) in [6.45, 7) is 1.06. The van der Waals surface area contributed by atoms with E-state index in [1.807, 2.05) is 54.6 Å². The quantitative estimate of drug-likeness (QED) is 0.462. The Morgan fingerprint density at radius 2 is 1.50 bits per heavy atom. The van der Waals surface area contributed by atoms with Crippen molar-refractivity contribution >= 4 is 5.97 Å². The molecule has 5 heteroatoms. The van der Waals surface area contributed by atoms with Crippen LogP contribution in [0.5, 0.6) is 11.5 Å². The molecule has 0 spiro atoms. The summed E-state index contributed by atoms with van der Waals surface area (Å²) in [6, 6.07) is 25.7. The maximum Gasteiger partial charge on any atom is 0.333 e. The number of aliphatic carboxylic acids is 1. The molecule has 0 aliphatic rings. The number of benzene rings is 3. The van der Waals surface area contributed by atoms with Crippen LogP contribution in [-0.2, 0) is 16.0 Å². The van der Waals surface area contributed by atoms with E-state index in [-0.39, 0.29) is 0 Å². The molecule has 3 aromatic rings. The molecule has 156 valence electrons. The first-order valence-corrected chi connectivity index (χ1v) is 9.91. The van der Waals surface area contributed by atoms with Gasteiger partial charge in [0.05, 0.1) is 13.2 Å². The van der Waals surface area contributed by atoms with Gasteiger partial charge in [0.15, 0.2) is 6.10 Å². The second kappa shape index (κ2) is 11.0. The molecule has 0 heterocycles. The summed E-state index contributed by atoms with van der Waals surface area (Å²) in [4.78, 5) is 11.1. The first kappa shape index (κ1) is 21.4. The van der Waals surface area contributed by atoms with Crippen LogP contribution in [0, 0.1) is 0 Å². The molecule has 3 aromatic carbocycles. The molecule has 1 N–H and O–H groups in total. The highest BCUT2D eigenvalue weighted by Gasteiger charge is 2.16. The number of methoxy groups -OCH3 is 1. The van der Waals surface area contributed by atoms with Crippen LogP contribution in [0.15, 0.2) is 78.9 Å². The molecule has 1 atom stereocenters. The topological polar surface area (TPSA) is 65.0 Å². The summed E-state index contributed by atoms with van der Waals surface area (Å²) in [7, 11) is 1.40. The highest BCUT2D eigenvalue weighted by Crippen LogP contribution is 2.22. The maximum absolute atomic E-state index is 11.1. The molecule has 0 saturated heterocycles. The molecule has 0 aromatic heterocycles. The zero-order valence-electron chi connectivity index (χ0n) is 17.0. The number of carbonyl (C=O) groups is 1. The van der Waals surface area contributed by atoms with Crippen molar-refractivity contribution in [3.05, 3.63) is 84.4 Å². The third-order valence-corrected chi connectivity index (χ3v) is 4.67. The maximum atomic E-state index is 11.1. The van der Waals surface area contributed by atoms with Crippen LogP contribution in [0.3, 0.4) is 0 Å². The Morgan fingerprint density at radius 1 is 0.833 bits per heavy atom. The molecular weight excluding hydrogens is 380 g/mol. The summed E-state index contributed by atoms with van der Waals surface area (Å²) in [5, 5.41) is 9.10. The van der Waals surface area contributed by atoms with Gasteiger partial charge in [-0.3, -0.25) is 0 Å². The largest absolute Gasteiger partial charge is 0.493 e. The summed E-state index contributed by atoms with van der Waals surface area (Å²) >= 11 is 0. The second-order valence-corrected chi connectivity index (χ2v) is 6.85. The minimum Gasteiger partial charge on any atom is -0.493 e. The number of ether oxygens (including phenoxy) is 3. The van der Waals surface area contributed by atoms with E-state index in [0.717, 1.165) is 23.3 Å². The number of carboxylic acids is 1. The van der Waals surface area contributed by atoms with Gasteiger partial charge in [-0.15, -0.1) is 0 Å². The van der Waals surface area contributed by atoms with Crippen LogP contribution in [-0.4, -0.2) is 37.5 Å². The fraction of sp³-hybridized carbons (Fsp3) is 0.240. The van der Waals surface area contributed by atoms with Crippen LogP contribution >= 0.6 is 0 Å². The number of hydrogen-bond acceptors (Lipinski definition) is 4. The monoisotopic (exact) mass is 406 g/mol. The molecule has 0 saturated carbocycles. The van der Waals surface area contributed by atoms with Gasteiger partial charge in [-0.1, -0.05) is 54.6 Å². The summed E-state index contributed by atoms with van der Waals surface area (Å²) < 4.78 is 16.5. The Labute approximate surface area is 176 Å². The molecule has 30 heavy (non-hydrogen) atoms. The van der Waals surface area contributed by atoms with E-state index in [0.29, 0.717) is 25.4 Å². The van der Waals surface area contributed by atoms with Gasteiger partial charge in [0, 0.05) is 20.0 Å². The average Bonchev–Trinajstić information content (AvgIpc) is 2.78. The van der Waals surface area contributed by atoms with Crippen molar-refractivity contribution in [2.24, 2.45) is 0 Å². The highest BCUT2D eigenvalue weighted by molar-refractivity contribution is 5.72. The smallest absolute Gasteiger partial charge is 0.333 e. The van der Waals surface area contributed by atoms with Crippen molar-refractivity contribution in [3.63, 3.8) is 0 Å². The minimum atomic E-state index is -0.974. The van der Waals surface area contributed by atoms with Crippen molar-refractivity contribution in [3.8, 4) is 22.6 Å². The van der Waals surface area contributed by atoms with Crippen LogP contribution in [0.4, 0.5) is 0 Å². The lowest BCUT2D eigenvalue weighted by Gasteiger charge is -2.12. The Kier molecular flexibility index (Phi) is 7.86. The van der Waals surface area contributed by atoms with Gasteiger partial charge in [0.2, 0.25) is 0 Å². The van der Waals surface area contributed by atoms with E-state index in [1.54, 1.807) is 0 Å². The Balaban J connectivity index is 1.41. The summed E-state index contributed by atoms with van der Waals surface area (Å²) in [5.41, 5.74) is 3.20. The van der Waals surface area contributed by atoms with Crippen molar-refractivity contribution in [2.45, 2.75) is 18.9 Å². The van der Waals surface area contributed by atoms with E-state index < -0.39 is 12.1 Å². The van der Waals surface area contributed by atoms with Crippen LogP contribution < -0.4 is 9.47 Å². The average molecular weight is 406 g/mol. The van der Waals surface area contributed by atoms with Crippen molar-refractivity contribution in [1.82, 2.24) is 0 Å². The van der Waals surface area contributed by atoms with Crippen molar-refractivity contribution in [1.29, 1.82) is 0 Å². The van der Waals surface area contributed by atoms with Gasteiger partial charge in [0.1, 0.15) is 11.5 Å². The van der Waals surface area contributed by atoms with Gasteiger partial charge in [-0.2, -0.15) is 0 Å². The van der Waals surface area contributed by atoms with Crippen LogP contribution in [0.25, 0.3) is 11.1 Å². The molecule has 0 fully saturated rings. The number of hydrogen-bond donors (Lipinski definition) is 1. The van der Waals surface area contributed by atoms with Crippen LogP contribution in [0.2, 0.25) is 0 Å². The molecule has 0 aliphatic heterocycles. The first-order chi connectivity index (χ1) is 14.7. The minimum absolute atomic E-state index is 0.297. The molecule has 0 radical (unpaired) electrons. The van der Waals surface area contributed by atoms with E-state index in [9.17, 15) is 4.79 Å². The molecule has 1 unspecified atom stereocenters. The fourth-order valence-electron chi connectivity index (χ4n) is 3.06. The number of rotatable bonds is 11. The van der Waals surface area contributed by atoms with Crippen molar-refractivity contribution < 1.29 is 24.1 Å². The SMILES string of the molecule is COC(Cc1cccc(OCCCOc2ccc(-c3ccccc3)cc2)c1)C(=O)O. The lowest BCUT2D eigenvalue weighted by Crippen LogP contribution is -2.24. The van der Waals surface area contributed by atoms with Gasteiger partial charge >= 0.3 is 5.97 Å². The van der Waals surface area contributed by atoms with Gasteiger partial charge in [-0.05, 0) is 41.0 Å². The zero-order valence-corrected chi connectivity index (χ0v) is 17.0. The third kappa shape index (κ3) is 6.36. The van der Waals surface area contributed by atoms with Crippen LogP contribution in [0.1, 0.15) is 12.0 Å². The van der Waals surface area contributed by atoms with Crippen molar-refractivity contribution in [2.75, 3.05) is 20.3 Å². The van der Waals surface area contributed by atoms with Gasteiger partial charge in [-0.25, -0.2) is 4.79 Å². The second-order valence-electron chi connectivity index (χ2n) is 6.85. The molecule has 3 rings (SSSR count). The molecule has 5 nitrogen and oxygen atoms in total. The Morgan fingerprint density at radius 3 is 2.17 bits per heavy atom. The third-order valence-electron chi connectivity index (χ3n) is 4.67. The summed E-state index contributed by atoms with van der Waals surface area (Å²) in [6.07, 6.45) is 0.174. The Bertz CT molecular complexity index is 922.